The van der Waals surface area contributed by atoms with E-state index >= 15 is 0 Å². The number of urea groups is 1. The van der Waals surface area contributed by atoms with Crippen molar-refractivity contribution in [2.24, 2.45) is 0 Å². The van der Waals surface area contributed by atoms with Gasteiger partial charge in [-0.3, -0.25) is 18.2 Å². The summed E-state index contributed by atoms with van der Waals surface area (Å²) in [7, 11) is 0. The SMILES string of the molecule is C=C/C=C1/O[C@@H](CCN2C(=O)CNC2=O)CN(S(=O)[O-])/C1=C/C=C. The Balaban J connectivity index is 2.13. The standard InChI is InChI=1S/C15H19N3O5S/c1-3-5-12-13(6-4-2)23-11(10-18(12)24(21)22)7-8-17-14(19)9-16-15(17)20/h3-6,11H,1-2,7-10H2,(H,16,20)(H,21,22)/p-1/b12-5+,13-6+/t11-/m0/s1. The Labute approximate surface area is 142 Å². The van der Waals surface area contributed by atoms with Gasteiger partial charge in [0.05, 0.1) is 18.8 Å². The zero-order valence-corrected chi connectivity index (χ0v) is 13.8. The average molecular weight is 352 g/mol. The van der Waals surface area contributed by atoms with Crippen molar-refractivity contribution in [1.82, 2.24) is 14.5 Å². The molecular formula is C15H18N3O5S-. The van der Waals surface area contributed by atoms with E-state index in [-0.39, 0.29) is 25.5 Å². The number of hydrogen-bond acceptors (Lipinski definition) is 5. The van der Waals surface area contributed by atoms with Gasteiger partial charge in [-0.2, -0.15) is 0 Å². The van der Waals surface area contributed by atoms with Gasteiger partial charge in [0.2, 0.25) is 5.91 Å². The number of rotatable bonds is 6. The largest absolute Gasteiger partial charge is 0.755 e. The molecule has 0 spiro atoms. The van der Waals surface area contributed by atoms with Crippen LogP contribution in [0.5, 0.6) is 0 Å². The van der Waals surface area contributed by atoms with Gasteiger partial charge in [-0.15, -0.1) is 0 Å². The summed E-state index contributed by atoms with van der Waals surface area (Å²) in [5, 5.41) is 2.43. The number of carbonyl (C=O) groups is 2. The van der Waals surface area contributed by atoms with Gasteiger partial charge in [0.25, 0.3) is 0 Å². The van der Waals surface area contributed by atoms with Gasteiger partial charge in [0.1, 0.15) is 11.9 Å². The average Bonchev–Trinajstić information content (AvgIpc) is 2.86. The molecular weight excluding hydrogens is 334 g/mol. The van der Waals surface area contributed by atoms with Crippen LogP contribution < -0.4 is 5.32 Å². The molecule has 2 aliphatic rings. The molecule has 1 N–H and O–H groups in total. The van der Waals surface area contributed by atoms with Crippen molar-refractivity contribution in [2.75, 3.05) is 19.6 Å². The summed E-state index contributed by atoms with van der Waals surface area (Å²) in [6, 6.07) is -0.450. The van der Waals surface area contributed by atoms with Crippen molar-refractivity contribution >= 4 is 23.2 Å². The lowest BCUT2D eigenvalue weighted by Gasteiger charge is -2.39. The van der Waals surface area contributed by atoms with Crippen LogP contribution in [0.1, 0.15) is 6.42 Å². The van der Waals surface area contributed by atoms with Crippen LogP contribution in [0.3, 0.4) is 0 Å². The third kappa shape index (κ3) is 3.92. The lowest BCUT2D eigenvalue weighted by molar-refractivity contribution is -0.125. The van der Waals surface area contributed by atoms with Crippen molar-refractivity contribution in [1.29, 1.82) is 0 Å². The monoisotopic (exact) mass is 352 g/mol. The number of nitrogens with zero attached hydrogens (tertiary/aromatic N) is 2. The summed E-state index contributed by atoms with van der Waals surface area (Å²) < 4.78 is 30.0. The second-order valence-electron chi connectivity index (χ2n) is 5.07. The molecule has 8 nitrogen and oxygen atoms in total. The van der Waals surface area contributed by atoms with Gasteiger partial charge < -0.3 is 14.6 Å². The first-order valence-corrected chi connectivity index (χ1v) is 8.28. The zero-order chi connectivity index (χ0) is 17.7. The zero-order valence-electron chi connectivity index (χ0n) is 13.0. The predicted molar refractivity (Wildman–Crippen MR) is 86.8 cm³/mol. The highest BCUT2D eigenvalue weighted by atomic mass is 32.2. The van der Waals surface area contributed by atoms with Crippen LogP contribution in [0.15, 0.2) is 48.9 Å². The number of morpholine rings is 1. The summed E-state index contributed by atoms with van der Waals surface area (Å²) in [6.45, 7) is 7.36. The molecule has 9 heteroatoms. The lowest BCUT2D eigenvalue weighted by atomic mass is 10.1. The van der Waals surface area contributed by atoms with Gasteiger partial charge >= 0.3 is 6.03 Å². The highest BCUT2D eigenvalue weighted by molar-refractivity contribution is 7.76. The van der Waals surface area contributed by atoms with Crippen molar-refractivity contribution in [3.05, 3.63) is 48.9 Å². The Bertz CT molecular complexity index is 627. The Morgan fingerprint density at radius 3 is 2.58 bits per heavy atom. The molecule has 2 atom stereocenters. The molecule has 1 unspecified atom stereocenters. The second-order valence-corrected chi connectivity index (χ2v) is 5.94. The maximum absolute atomic E-state index is 11.6. The molecule has 2 aliphatic heterocycles. The minimum absolute atomic E-state index is 0.0190. The van der Waals surface area contributed by atoms with Crippen LogP contribution in [0, 0.1) is 0 Å². The predicted octanol–water partition coefficient (Wildman–Crippen LogP) is 0.563. The summed E-state index contributed by atoms with van der Waals surface area (Å²) in [5.41, 5.74) is 0.351. The summed E-state index contributed by atoms with van der Waals surface area (Å²) in [6.07, 6.45) is 5.83. The van der Waals surface area contributed by atoms with Crippen molar-refractivity contribution in [3.8, 4) is 0 Å². The number of allylic oxidation sites excluding steroid dienone is 4. The first kappa shape index (κ1) is 18.0. The molecule has 2 saturated heterocycles. The minimum Gasteiger partial charge on any atom is -0.755 e. The molecule has 130 valence electrons. The fraction of sp³-hybridized carbons (Fsp3) is 0.333. The van der Waals surface area contributed by atoms with Crippen LogP contribution in [-0.4, -0.2) is 55.6 Å². The first-order valence-electron chi connectivity index (χ1n) is 7.25. The van der Waals surface area contributed by atoms with Gasteiger partial charge in [-0.25, -0.2) is 4.79 Å². The molecule has 0 aromatic carbocycles. The molecule has 0 radical (unpaired) electrons. The maximum Gasteiger partial charge on any atom is 0.324 e. The lowest BCUT2D eigenvalue weighted by Crippen LogP contribution is -2.43. The number of ether oxygens (including phenoxy) is 1. The highest BCUT2D eigenvalue weighted by Crippen LogP contribution is 2.28. The summed E-state index contributed by atoms with van der Waals surface area (Å²) >= 11 is -2.50. The molecule has 2 rings (SSSR count). The molecule has 0 aromatic rings. The van der Waals surface area contributed by atoms with E-state index in [1.165, 1.54) is 18.2 Å². The fourth-order valence-corrected chi connectivity index (χ4v) is 3.04. The summed E-state index contributed by atoms with van der Waals surface area (Å²) in [4.78, 5) is 24.2. The Morgan fingerprint density at radius 1 is 1.33 bits per heavy atom. The maximum atomic E-state index is 11.6. The van der Waals surface area contributed by atoms with E-state index in [0.29, 0.717) is 17.9 Å². The van der Waals surface area contributed by atoms with Crippen molar-refractivity contribution < 1.29 is 23.1 Å². The Hall–Kier alpha value is -2.39. The number of nitrogens with one attached hydrogen (secondary N) is 1. The number of amides is 3. The molecule has 3 amide bonds. The normalized spacial score (nSPS) is 25.6. The van der Waals surface area contributed by atoms with Gasteiger partial charge in [-0.05, 0) is 12.2 Å². The number of imide groups is 1. The van der Waals surface area contributed by atoms with Crippen molar-refractivity contribution in [2.45, 2.75) is 12.5 Å². The topological polar surface area (TPSA) is 102 Å². The van der Waals surface area contributed by atoms with Crippen LogP contribution in [0.4, 0.5) is 4.79 Å². The van der Waals surface area contributed by atoms with E-state index in [1.807, 2.05) is 0 Å². The number of hydrogen-bond donors (Lipinski definition) is 1. The molecule has 2 fully saturated rings. The molecule has 0 bridgehead atoms. The second kappa shape index (κ2) is 7.93. The Morgan fingerprint density at radius 2 is 2.04 bits per heavy atom. The minimum atomic E-state index is -2.50. The third-order valence-electron chi connectivity index (χ3n) is 3.52. The Kier molecular flexibility index (Phi) is 5.93. The smallest absolute Gasteiger partial charge is 0.324 e. The van der Waals surface area contributed by atoms with E-state index in [1.54, 1.807) is 6.08 Å². The van der Waals surface area contributed by atoms with E-state index in [4.69, 9.17) is 4.74 Å². The van der Waals surface area contributed by atoms with Crippen LogP contribution >= 0.6 is 0 Å². The molecule has 0 saturated carbocycles. The third-order valence-corrected chi connectivity index (χ3v) is 4.23. The van der Waals surface area contributed by atoms with Crippen LogP contribution in [0.25, 0.3) is 0 Å². The van der Waals surface area contributed by atoms with Gasteiger partial charge in [-0.1, -0.05) is 25.3 Å². The first-order chi connectivity index (χ1) is 11.5. The van der Waals surface area contributed by atoms with E-state index < -0.39 is 23.4 Å². The molecule has 24 heavy (non-hydrogen) atoms. The molecule has 0 aromatic heterocycles. The van der Waals surface area contributed by atoms with Crippen molar-refractivity contribution in [3.63, 3.8) is 0 Å². The van der Waals surface area contributed by atoms with Crippen LogP contribution in [0.2, 0.25) is 0 Å². The molecule has 0 aliphatic carbocycles. The highest BCUT2D eigenvalue weighted by Gasteiger charge is 2.32. The molecule has 2 heterocycles. The quantitative estimate of drug-likeness (QED) is 0.556. The van der Waals surface area contributed by atoms with E-state index in [9.17, 15) is 18.4 Å². The van der Waals surface area contributed by atoms with E-state index in [2.05, 4.69) is 18.5 Å². The van der Waals surface area contributed by atoms with Crippen LogP contribution in [-0.2, 0) is 20.8 Å². The summed E-state index contributed by atoms with van der Waals surface area (Å²) in [5.74, 6) is 0.0247. The van der Waals surface area contributed by atoms with Gasteiger partial charge in [0.15, 0.2) is 0 Å². The van der Waals surface area contributed by atoms with Gasteiger partial charge in [0, 0.05) is 24.2 Å². The van der Waals surface area contributed by atoms with E-state index in [0.717, 1.165) is 9.21 Å². The number of carbonyl (C=O) groups excluding carboxylic acids is 2. The fourth-order valence-electron chi connectivity index (χ4n) is 2.44.